The molecule has 2 unspecified atom stereocenters. The van der Waals surface area contributed by atoms with E-state index in [1.807, 2.05) is 22.8 Å². The van der Waals surface area contributed by atoms with Crippen LogP contribution in [0.2, 0.25) is 0 Å². The Hall–Kier alpha value is -3.42. The van der Waals surface area contributed by atoms with E-state index >= 15 is 0 Å². The van der Waals surface area contributed by atoms with Crippen molar-refractivity contribution in [2.24, 2.45) is 0 Å². The predicted molar refractivity (Wildman–Crippen MR) is 553 cm³/mol. The summed E-state index contributed by atoms with van der Waals surface area (Å²) in [6, 6.07) is 35.3. The molecule has 2 atom stereocenters. The van der Waals surface area contributed by atoms with Crippen LogP contribution in [0.4, 0.5) is 0 Å². The summed E-state index contributed by atoms with van der Waals surface area (Å²) in [5, 5.41) is 0. The van der Waals surface area contributed by atoms with Crippen molar-refractivity contribution in [3.63, 3.8) is 0 Å². The molecule has 0 spiro atoms. The molecule has 0 heterocycles. The minimum Gasteiger partial charge on any atom is -0.466 e. The van der Waals surface area contributed by atoms with E-state index < -0.39 is 15.2 Å². The van der Waals surface area contributed by atoms with E-state index in [9.17, 15) is 9.59 Å². The molecule has 4 aromatic carbocycles. The van der Waals surface area contributed by atoms with Crippen molar-refractivity contribution in [2.45, 2.75) is 535 Å². The fourth-order valence-electron chi connectivity index (χ4n) is 17.3. The molecule has 716 valence electrons. The smallest absolute Gasteiger partial charge is 0.360 e. The number of ether oxygens (including phenoxy) is 2. The minimum atomic E-state index is -1.28. The van der Waals surface area contributed by atoms with Gasteiger partial charge < -0.3 is 27.6 Å². The minimum absolute atomic E-state index is 0.00435. The molecule has 0 aliphatic rings. The third-order valence-corrected chi connectivity index (χ3v) is 31.9. The lowest BCUT2D eigenvalue weighted by molar-refractivity contribution is -0.144. The lowest BCUT2D eigenvalue weighted by Crippen LogP contribution is -2.18. The highest BCUT2D eigenvalue weighted by atomic mass is 32.7. The summed E-state index contributed by atoms with van der Waals surface area (Å²) in [4.78, 5) is 24.7. The van der Waals surface area contributed by atoms with Crippen LogP contribution in [0.3, 0.4) is 0 Å². The highest BCUT2D eigenvalue weighted by molar-refractivity contribution is 8.53. The van der Waals surface area contributed by atoms with E-state index in [2.05, 4.69) is 139 Å². The van der Waals surface area contributed by atoms with Gasteiger partial charge in [-0.25, -0.2) is 0 Å². The van der Waals surface area contributed by atoms with Gasteiger partial charge in [0, 0.05) is 29.8 Å². The Kier molecular flexibility index (Phi) is 77.3. The Labute approximate surface area is 783 Å². The summed E-state index contributed by atoms with van der Waals surface area (Å²) in [7, 11) is -2.56. The van der Waals surface area contributed by atoms with E-state index in [1.165, 1.54) is 433 Å². The van der Waals surface area contributed by atoms with Crippen LogP contribution in [0.5, 0.6) is 23.0 Å². The molecule has 0 aromatic heterocycles. The summed E-state index contributed by atoms with van der Waals surface area (Å²) < 4.78 is 38.4. The van der Waals surface area contributed by atoms with Crippen molar-refractivity contribution in [3.8, 4) is 23.0 Å². The van der Waals surface area contributed by atoms with Crippen LogP contribution in [0, 0.1) is 0 Å². The number of rotatable bonds is 94. The number of carbonyl (C=O) groups excluding carboxylic acids is 2. The summed E-state index contributed by atoms with van der Waals surface area (Å²) in [6.45, 7) is 15.0. The van der Waals surface area contributed by atoms with Gasteiger partial charge in [-0.3, -0.25) is 9.59 Å². The summed E-state index contributed by atoms with van der Waals surface area (Å²) in [6.07, 6.45) is 97.8. The molecule has 0 radical (unpaired) electrons. The number of esters is 2. The molecule has 12 heteroatoms. The first kappa shape index (κ1) is 114. The zero-order chi connectivity index (χ0) is 89.0. The second kappa shape index (κ2) is 84.8. The highest BCUT2D eigenvalue weighted by Crippen LogP contribution is 2.54. The first-order chi connectivity index (χ1) is 61.6. The van der Waals surface area contributed by atoms with E-state index in [0.29, 0.717) is 26.1 Å². The maximum absolute atomic E-state index is 12.3. The largest absolute Gasteiger partial charge is 0.466 e. The van der Waals surface area contributed by atoms with Gasteiger partial charge in [-0.15, -0.1) is 0 Å². The van der Waals surface area contributed by atoms with E-state index in [1.54, 1.807) is 0 Å². The molecule has 0 saturated carbocycles. The third kappa shape index (κ3) is 67.4. The molecule has 0 fully saturated rings. The van der Waals surface area contributed by atoms with Gasteiger partial charge in [-0.05, 0) is 158 Å². The van der Waals surface area contributed by atoms with E-state index in [-0.39, 0.29) is 17.4 Å². The average molecular weight is 1810 g/mol. The molecule has 0 amide bonds. The summed E-state index contributed by atoms with van der Waals surface area (Å²) in [5.41, 5.74) is 4.98. The SMILES string of the molecule is CCCCCCCCCCCCCCOC(=O)CCCCCCCCCCCCCCSP(Oc1ccc(CCCCCCCCCCCCCC)cc1)Oc1ccc(C(C)(C)c2ccc(OP(Oc3ccc(CCCCCCCCCCCCCC)cc3)SCCCCCCCCCCCCCCC(=O)OCCCCCCCCCCCCCC)cc2)cc1. The Morgan fingerprint density at radius 3 is 0.640 bits per heavy atom. The number of unbranched alkanes of at least 4 members (excludes halogenated alkanes) is 66. The molecule has 4 aromatic rings. The Morgan fingerprint density at radius 2 is 0.416 bits per heavy atom. The monoisotopic (exact) mass is 1810 g/mol. The second-order valence-corrected chi connectivity index (χ2v) is 44.2. The molecule has 0 saturated heterocycles. The zero-order valence-corrected chi connectivity index (χ0v) is 85.7. The molecule has 0 bridgehead atoms. The van der Waals surface area contributed by atoms with Crippen molar-refractivity contribution in [2.75, 3.05) is 24.7 Å². The first-order valence-electron chi connectivity index (χ1n) is 53.9. The lowest BCUT2D eigenvalue weighted by Gasteiger charge is -2.27. The van der Waals surface area contributed by atoms with Gasteiger partial charge in [0.25, 0.3) is 0 Å². The van der Waals surface area contributed by atoms with Gasteiger partial charge >= 0.3 is 27.1 Å². The quantitative estimate of drug-likeness (QED) is 0.0242. The molecule has 4 rings (SSSR count). The van der Waals surface area contributed by atoms with E-state index in [4.69, 9.17) is 27.6 Å². The normalized spacial score (nSPS) is 12.1. The number of hydrogen-bond acceptors (Lipinski definition) is 10. The van der Waals surface area contributed by atoms with Gasteiger partial charge in [0.2, 0.25) is 0 Å². The number of hydrogen-bond donors (Lipinski definition) is 0. The molecular formula is C113H194O8P2S2. The number of carbonyl (C=O) groups is 2. The van der Waals surface area contributed by atoms with Crippen molar-refractivity contribution in [3.05, 3.63) is 119 Å². The molecule has 0 aliphatic carbocycles. The lowest BCUT2D eigenvalue weighted by atomic mass is 9.78. The van der Waals surface area contributed by atoms with Crippen molar-refractivity contribution < 1.29 is 37.2 Å². The van der Waals surface area contributed by atoms with Crippen molar-refractivity contribution in [1.29, 1.82) is 0 Å². The zero-order valence-electron chi connectivity index (χ0n) is 82.3. The molecule has 0 aliphatic heterocycles. The third-order valence-electron chi connectivity index (χ3n) is 25.8. The first-order valence-corrected chi connectivity index (χ1v) is 59.4. The maximum Gasteiger partial charge on any atom is 0.360 e. The van der Waals surface area contributed by atoms with Crippen molar-refractivity contribution in [1.82, 2.24) is 0 Å². The summed E-state index contributed by atoms with van der Waals surface area (Å²) in [5.74, 6) is 5.49. The maximum atomic E-state index is 12.3. The number of aryl methyl sites for hydroxylation is 2. The Bertz CT molecular complexity index is 2770. The van der Waals surface area contributed by atoms with Crippen LogP contribution < -0.4 is 18.1 Å². The molecule has 125 heavy (non-hydrogen) atoms. The van der Waals surface area contributed by atoms with Crippen LogP contribution in [-0.2, 0) is 37.3 Å². The van der Waals surface area contributed by atoms with Crippen LogP contribution in [0.1, 0.15) is 539 Å². The van der Waals surface area contributed by atoms with Crippen LogP contribution in [0.25, 0.3) is 0 Å². The standard InChI is InChI=1S/C113H194O8P2S2/c1-7-11-15-19-23-27-31-39-47-55-63-71-79-103-83-91-107(92-84-103)118-122(124-101-77-69-61-53-45-37-35-41-49-57-65-73-81-111(114)116-99-75-67-59-51-43-33-29-25-21-17-13-9-3)120-109-95-87-105(88-96-109)113(5,6)106-89-97-110(98-90-106)121-123(119-108-93-85-104(86-94-108)80-72-64-56-48-40-32-28-24-20-16-12-8-2)125-102-78-70-62-54-46-38-36-42-50-58-66-74-82-112(115)117-100-76-68-60-52-44-34-30-26-22-18-14-10-4/h83-98H,7-82,99-102H2,1-6H3. The second-order valence-electron chi connectivity index (χ2n) is 37.9. The van der Waals surface area contributed by atoms with E-state index in [0.717, 1.165) is 98.7 Å². The van der Waals surface area contributed by atoms with Crippen LogP contribution >= 0.6 is 37.9 Å². The number of benzene rings is 4. The van der Waals surface area contributed by atoms with Gasteiger partial charge in [0.05, 0.1) is 13.2 Å². The fraction of sp³-hybridized carbons (Fsp3) is 0.770. The average Bonchev–Trinajstić information content (AvgIpc) is 0.800. The highest BCUT2D eigenvalue weighted by Gasteiger charge is 2.26. The predicted octanol–water partition coefficient (Wildman–Crippen LogP) is 40.0. The Balaban J connectivity index is 1.21. The van der Waals surface area contributed by atoms with Crippen LogP contribution in [0.15, 0.2) is 97.1 Å². The molecular weight excluding hydrogens is 1610 g/mol. The Morgan fingerprint density at radius 1 is 0.232 bits per heavy atom. The van der Waals surface area contributed by atoms with Gasteiger partial charge in [-0.1, -0.05) is 501 Å². The topological polar surface area (TPSA) is 89.5 Å². The fourth-order valence-corrected chi connectivity index (χ4v) is 23.0. The van der Waals surface area contributed by atoms with Gasteiger partial charge in [0.15, 0.2) is 0 Å². The van der Waals surface area contributed by atoms with Crippen LogP contribution in [-0.4, -0.2) is 36.7 Å². The molecule has 8 nitrogen and oxygen atoms in total. The van der Waals surface area contributed by atoms with Crippen molar-refractivity contribution >= 4 is 49.9 Å². The summed E-state index contributed by atoms with van der Waals surface area (Å²) >= 11 is 3.68. The molecule has 0 N–H and O–H groups in total. The van der Waals surface area contributed by atoms with Gasteiger partial charge in [-0.2, -0.15) is 0 Å². The van der Waals surface area contributed by atoms with Gasteiger partial charge in [0.1, 0.15) is 23.0 Å².